The van der Waals surface area contributed by atoms with Crippen molar-refractivity contribution in [2.75, 3.05) is 6.61 Å². The number of hydrogen-bond donors (Lipinski definition) is 0. The van der Waals surface area contributed by atoms with Gasteiger partial charge in [-0.3, -0.25) is 0 Å². The number of fused-ring (bicyclic) bond motifs is 1. The molecule has 1 aromatic rings. The van der Waals surface area contributed by atoms with Crippen LogP contribution in [0.5, 0.6) is 5.75 Å². The fourth-order valence-corrected chi connectivity index (χ4v) is 2.47. The maximum atomic E-state index is 13.8. The third-order valence-electron chi connectivity index (χ3n) is 3.09. The van der Waals surface area contributed by atoms with Gasteiger partial charge in [-0.25, -0.2) is 4.39 Å². The van der Waals surface area contributed by atoms with Crippen LogP contribution in [0, 0.1) is 0 Å². The molecule has 0 aromatic heterocycles. The van der Waals surface area contributed by atoms with E-state index in [2.05, 4.69) is 4.18 Å². The van der Waals surface area contributed by atoms with Gasteiger partial charge in [0.1, 0.15) is 11.9 Å². The maximum Gasteiger partial charge on any atom is 0.534 e. The predicted molar refractivity (Wildman–Crippen MR) is 64.9 cm³/mol. The van der Waals surface area contributed by atoms with Gasteiger partial charge < -0.3 is 8.92 Å². The first-order valence-corrected chi connectivity index (χ1v) is 7.28. The molecule has 9 heteroatoms. The van der Waals surface area contributed by atoms with Crippen molar-refractivity contribution in [3.8, 4) is 5.75 Å². The molecule has 0 bridgehead atoms. The highest BCUT2D eigenvalue weighted by Gasteiger charge is 2.48. The summed E-state index contributed by atoms with van der Waals surface area (Å²) in [6.07, 6.45) is -1.56. The summed E-state index contributed by atoms with van der Waals surface area (Å²) in [5.41, 5.74) is -5.88. The number of halogens is 4. The Bertz CT molecular complexity index is 652. The van der Waals surface area contributed by atoms with E-state index >= 15 is 0 Å². The summed E-state index contributed by atoms with van der Waals surface area (Å²) in [5.74, 6) is -0.591. The molecule has 0 saturated heterocycles. The van der Waals surface area contributed by atoms with Crippen LogP contribution in [0.25, 0.3) is 0 Å². The van der Waals surface area contributed by atoms with E-state index in [1.807, 2.05) is 0 Å². The van der Waals surface area contributed by atoms with E-state index in [1.165, 1.54) is 6.07 Å². The summed E-state index contributed by atoms with van der Waals surface area (Å²) in [5, 5.41) is 0. The minimum Gasteiger partial charge on any atom is -0.376 e. The van der Waals surface area contributed by atoms with Crippen molar-refractivity contribution in [1.29, 1.82) is 0 Å². The molecule has 21 heavy (non-hydrogen) atoms. The molecule has 0 spiro atoms. The highest BCUT2D eigenvalue weighted by Crippen LogP contribution is 2.40. The molecule has 1 aliphatic rings. The number of benzene rings is 1. The van der Waals surface area contributed by atoms with Gasteiger partial charge in [0.05, 0.1) is 12.2 Å². The molecule has 118 valence electrons. The van der Waals surface area contributed by atoms with Crippen LogP contribution in [0.15, 0.2) is 18.2 Å². The number of hydrogen-bond acceptors (Lipinski definition) is 4. The van der Waals surface area contributed by atoms with Gasteiger partial charge in [-0.2, -0.15) is 21.6 Å². The Morgan fingerprint density at radius 1 is 1.33 bits per heavy atom. The van der Waals surface area contributed by atoms with Gasteiger partial charge in [0, 0.05) is 0 Å². The summed E-state index contributed by atoms with van der Waals surface area (Å²) >= 11 is 0. The van der Waals surface area contributed by atoms with Crippen molar-refractivity contribution >= 4 is 10.1 Å². The quantitative estimate of drug-likeness (QED) is 0.475. The smallest absolute Gasteiger partial charge is 0.376 e. The van der Waals surface area contributed by atoms with Gasteiger partial charge in [-0.15, -0.1) is 0 Å². The van der Waals surface area contributed by atoms with Gasteiger partial charge in [0.2, 0.25) is 0 Å². The van der Waals surface area contributed by atoms with Crippen molar-refractivity contribution < 1.29 is 34.9 Å². The first kappa shape index (κ1) is 16.0. The molecule has 1 aromatic carbocycles. The van der Waals surface area contributed by atoms with Crippen LogP contribution in [0.1, 0.15) is 31.1 Å². The molecular formula is C12H12F4O4S. The number of alkyl halides is 4. The molecule has 4 nitrogen and oxygen atoms in total. The molecule has 1 atom stereocenters. The summed E-state index contributed by atoms with van der Waals surface area (Å²) in [7, 11) is -5.78. The average molecular weight is 328 g/mol. The maximum absolute atomic E-state index is 13.8. The van der Waals surface area contributed by atoms with E-state index in [1.54, 1.807) is 13.8 Å². The van der Waals surface area contributed by atoms with Crippen molar-refractivity contribution in [3.63, 3.8) is 0 Å². The lowest BCUT2D eigenvalue weighted by atomic mass is 9.88. The van der Waals surface area contributed by atoms with Crippen molar-refractivity contribution in [2.45, 2.75) is 31.1 Å². The van der Waals surface area contributed by atoms with Gasteiger partial charge in [0.25, 0.3) is 0 Å². The molecule has 0 fully saturated rings. The lowest BCUT2D eigenvalue weighted by Gasteiger charge is -2.34. The minimum absolute atomic E-state index is 0.0566. The van der Waals surface area contributed by atoms with Crippen LogP contribution in [0.4, 0.5) is 17.6 Å². The van der Waals surface area contributed by atoms with Crippen LogP contribution >= 0.6 is 0 Å². The van der Waals surface area contributed by atoms with Gasteiger partial charge in [0.15, 0.2) is 0 Å². The van der Waals surface area contributed by atoms with Crippen LogP contribution in [-0.2, 0) is 20.5 Å². The zero-order valence-corrected chi connectivity index (χ0v) is 11.9. The lowest BCUT2D eigenvalue weighted by Crippen LogP contribution is -2.31. The van der Waals surface area contributed by atoms with Gasteiger partial charge >= 0.3 is 15.6 Å². The third kappa shape index (κ3) is 2.98. The highest BCUT2D eigenvalue weighted by atomic mass is 32.2. The molecule has 1 aliphatic heterocycles. The topological polar surface area (TPSA) is 52.6 Å². The van der Waals surface area contributed by atoms with E-state index in [9.17, 15) is 26.0 Å². The Morgan fingerprint density at radius 3 is 2.52 bits per heavy atom. The summed E-state index contributed by atoms with van der Waals surface area (Å²) in [4.78, 5) is 0. The molecule has 0 radical (unpaired) electrons. The zero-order valence-electron chi connectivity index (χ0n) is 11.1. The lowest BCUT2D eigenvalue weighted by molar-refractivity contribution is -0.0630. The Kier molecular flexibility index (Phi) is 3.69. The normalized spacial score (nSPS) is 21.7. The van der Waals surface area contributed by atoms with Crippen molar-refractivity contribution in [1.82, 2.24) is 0 Å². The first-order chi connectivity index (χ1) is 9.44. The fourth-order valence-electron chi connectivity index (χ4n) is 2.02. The summed E-state index contributed by atoms with van der Waals surface area (Å²) < 4.78 is 81.7. The Morgan fingerprint density at radius 2 is 1.95 bits per heavy atom. The molecular weight excluding hydrogens is 316 g/mol. The fraction of sp³-hybridized carbons (Fsp3) is 0.500. The van der Waals surface area contributed by atoms with Crippen LogP contribution < -0.4 is 4.18 Å². The van der Waals surface area contributed by atoms with Crippen LogP contribution in [0.2, 0.25) is 0 Å². The number of ether oxygens (including phenoxy) is 1. The third-order valence-corrected chi connectivity index (χ3v) is 4.07. The molecule has 1 unspecified atom stereocenters. The Hall–Kier alpha value is -1.35. The van der Waals surface area contributed by atoms with E-state index in [-0.39, 0.29) is 12.2 Å². The van der Waals surface area contributed by atoms with Gasteiger partial charge in [-0.1, -0.05) is 6.07 Å². The molecule has 0 N–H and O–H groups in total. The van der Waals surface area contributed by atoms with Crippen molar-refractivity contribution in [3.05, 3.63) is 29.3 Å². The minimum atomic E-state index is -5.78. The second-order valence-electron chi connectivity index (χ2n) is 5.02. The molecule has 0 aliphatic carbocycles. The molecule has 0 saturated carbocycles. The number of rotatable bonds is 2. The Labute approximate surface area is 118 Å². The second-order valence-corrected chi connectivity index (χ2v) is 6.56. The van der Waals surface area contributed by atoms with Crippen molar-refractivity contribution in [2.24, 2.45) is 0 Å². The SMILES string of the molecule is CC1(C)OCC(F)c2cc(OS(=O)(=O)C(F)(F)F)ccc21. The molecule has 2 rings (SSSR count). The van der Waals surface area contributed by atoms with E-state index in [0.717, 1.165) is 12.1 Å². The summed E-state index contributed by atoms with van der Waals surface area (Å²) in [6.45, 7) is 3.07. The van der Waals surface area contributed by atoms with Gasteiger partial charge in [-0.05, 0) is 37.1 Å². The zero-order chi connectivity index (χ0) is 16.1. The van der Waals surface area contributed by atoms with E-state index < -0.39 is 33.1 Å². The second kappa shape index (κ2) is 4.84. The van der Waals surface area contributed by atoms with E-state index in [4.69, 9.17) is 4.74 Å². The monoisotopic (exact) mass is 328 g/mol. The predicted octanol–water partition coefficient (Wildman–Crippen LogP) is 3.19. The molecule has 0 amide bonds. The van der Waals surface area contributed by atoms with E-state index in [0.29, 0.717) is 5.56 Å². The highest BCUT2D eigenvalue weighted by molar-refractivity contribution is 7.87. The summed E-state index contributed by atoms with van der Waals surface area (Å²) in [6, 6.07) is 3.28. The van der Waals surface area contributed by atoms with Crippen LogP contribution in [0.3, 0.4) is 0 Å². The Balaban J connectivity index is 2.41. The first-order valence-electron chi connectivity index (χ1n) is 5.87. The molecule has 1 heterocycles. The average Bonchev–Trinajstić information content (AvgIpc) is 2.32. The standard InChI is InChI=1S/C12H12F4O4S/c1-11(2)9-4-3-7(5-8(9)10(13)6-19-11)20-21(17,18)12(14,15)16/h3-5,10H,6H2,1-2H3. The largest absolute Gasteiger partial charge is 0.534 e. The van der Waals surface area contributed by atoms with Crippen LogP contribution in [-0.4, -0.2) is 20.5 Å².